The average molecular weight is 401 g/mol. The Kier molecular flexibility index (Phi) is 4.99. The molecule has 0 unspecified atom stereocenters. The zero-order valence-electron chi connectivity index (χ0n) is 11.3. The molecule has 1 aromatic carbocycles. The van der Waals surface area contributed by atoms with E-state index in [1.54, 1.807) is 0 Å². The molecule has 1 heterocycles. The van der Waals surface area contributed by atoms with E-state index < -0.39 is 0 Å². The molecule has 2 N–H and O–H groups in total. The SMILES string of the molecule is CCCc1nc(N)c(C)c(Oc2ccc(Br)cc2Br)n1. The van der Waals surface area contributed by atoms with Crippen LogP contribution < -0.4 is 10.5 Å². The summed E-state index contributed by atoms with van der Waals surface area (Å²) >= 11 is 6.88. The number of aryl methyl sites for hydroxylation is 1. The third-order valence-corrected chi connectivity index (χ3v) is 3.87. The number of halogens is 2. The number of nitrogens with two attached hydrogens (primary N) is 1. The highest BCUT2D eigenvalue weighted by Crippen LogP contribution is 2.33. The Hall–Kier alpha value is -1.14. The van der Waals surface area contributed by atoms with E-state index in [9.17, 15) is 0 Å². The van der Waals surface area contributed by atoms with Crippen molar-refractivity contribution in [2.75, 3.05) is 5.73 Å². The summed E-state index contributed by atoms with van der Waals surface area (Å²) in [4.78, 5) is 8.70. The van der Waals surface area contributed by atoms with Gasteiger partial charge in [0.1, 0.15) is 17.4 Å². The molecule has 106 valence electrons. The van der Waals surface area contributed by atoms with Crippen LogP contribution in [0.2, 0.25) is 0 Å². The fourth-order valence-corrected chi connectivity index (χ4v) is 2.78. The van der Waals surface area contributed by atoms with Crippen LogP contribution in [0.25, 0.3) is 0 Å². The number of hydrogen-bond donors (Lipinski definition) is 1. The molecule has 0 saturated carbocycles. The van der Waals surface area contributed by atoms with Crippen LogP contribution in [0.5, 0.6) is 11.6 Å². The number of nitrogens with zero attached hydrogens (tertiary/aromatic N) is 2. The van der Waals surface area contributed by atoms with Gasteiger partial charge in [-0.3, -0.25) is 0 Å². The maximum Gasteiger partial charge on any atom is 0.227 e. The third kappa shape index (κ3) is 3.49. The molecule has 0 spiro atoms. The summed E-state index contributed by atoms with van der Waals surface area (Å²) in [7, 11) is 0. The lowest BCUT2D eigenvalue weighted by molar-refractivity contribution is 0.452. The van der Waals surface area contributed by atoms with Gasteiger partial charge in [0.05, 0.1) is 10.0 Å². The van der Waals surface area contributed by atoms with Gasteiger partial charge in [-0.05, 0) is 47.5 Å². The zero-order chi connectivity index (χ0) is 14.7. The highest BCUT2D eigenvalue weighted by atomic mass is 79.9. The number of aromatic nitrogens is 2. The van der Waals surface area contributed by atoms with E-state index in [0.29, 0.717) is 23.3 Å². The van der Waals surface area contributed by atoms with Crippen LogP contribution in [0.1, 0.15) is 24.7 Å². The smallest absolute Gasteiger partial charge is 0.227 e. The van der Waals surface area contributed by atoms with Gasteiger partial charge in [0, 0.05) is 10.9 Å². The number of ether oxygens (including phenoxy) is 1. The molecule has 20 heavy (non-hydrogen) atoms. The fraction of sp³-hybridized carbons (Fsp3) is 0.286. The number of nitrogen functional groups attached to an aromatic ring is 1. The van der Waals surface area contributed by atoms with Crippen LogP contribution in [0.3, 0.4) is 0 Å². The van der Waals surface area contributed by atoms with Gasteiger partial charge in [-0.15, -0.1) is 0 Å². The van der Waals surface area contributed by atoms with Crippen molar-refractivity contribution in [3.63, 3.8) is 0 Å². The first kappa shape index (κ1) is 15.3. The summed E-state index contributed by atoms with van der Waals surface area (Å²) in [5.41, 5.74) is 6.67. The summed E-state index contributed by atoms with van der Waals surface area (Å²) in [5.74, 6) is 2.37. The lowest BCUT2D eigenvalue weighted by Gasteiger charge is -2.12. The van der Waals surface area contributed by atoms with Crippen molar-refractivity contribution < 1.29 is 4.74 Å². The normalized spacial score (nSPS) is 10.6. The zero-order valence-corrected chi connectivity index (χ0v) is 14.5. The second kappa shape index (κ2) is 6.54. The molecule has 0 fully saturated rings. The minimum absolute atomic E-state index is 0.465. The summed E-state index contributed by atoms with van der Waals surface area (Å²) in [6.45, 7) is 3.93. The van der Waals surface area contributed by atoms with Crippen molar-refractivity contribution in [2.24, 2.45) is 0 Å². The lowest BCUT2D eigenvalue weighted by Crippen LogP contribution is -2.05. The van der Waals surface area contributed by atoms with Crippen LogP contribution in [-0.4, -0.2) is 9.97 Å². The van der Waals surface area contributed by atoms with Gasteiger partial charge in [-0.2, -0.15) is 4.98 Å². The van der Waals surface area contributed by atoms with Gasteiger partial charge in [-0.1, -0.05) is 22.9 Å². The van der Waals surface area contributed by atoms with Crippen molar-refractivity contribution in [2.45, 2.75) is 26.7 Å². The molecule has 2 rings (SSSR count). The van der Waals surface area contributed by atoms with Crippen molar-refractivity contribution in [1.29, 1.82) is 0 Å². The summed E-state index contributed by atoms with van der Waals surface area (Å²) in [6, 6.07) is 5.69. The standard InChI is InChI=1S/C14H15Br2N3O/c1-3-4-12-18-13(17)8(2)14(19-12)20-11-6-5-9(15)7-10(11)16/h5-7H,3-4H2,1-2H3,(H2,17,18,19). The minimum atomic E-state index is 0.465. The maximum absolute atomic E-state index is 5.92. The maximum atomic E-state index is 5.92. The molecule has 1 aromatic heterocycles. The molecule has 6 heteroatoms. The van der Waals surface area contributed by atoms with Crippen molar-refractivity contribution in [3.8, 4) is 11.6 Å². The number of rotatable bonds is 4. The van der Waals surface area contributed by atoms with Gasteiger partial charge < -0.3 is 10.5 Å². The van der Waals surface area contributed by atoms with Crippen molar-refractivity contribution in [3.05, 3.63) is 38.5 Å². The van der Waals surface area contributed by atoms with E-state index >= 15 is 0 Å². The molecular formula is C14H15Br2N3O. The monoisotopic (exact) mass is 399 g/mol. The molecule has 0 aliphatic carbocycles. The van der Waals surface area contributed by atoms with Crippen LogP contribution in [0.4, 0.5) is 5.82 Å². The predicted molar refractivity (Wildman–Crippen MR) is 87.1 cm³/mol. The second-order valence-corrected chi connectivity index (χ2v) is 6.15. The third-order valence-electron chi connectivity index (χ3n) is 2.76. The Morgan fingerprint density at radius 1 is 1.25 bits per heavy atom. The van der Waals surface area contributed by atoms with E-state index in [0.717, 1.165) is 27.4 Å². The Bertz CT molecular complexity index is 632. The van der Waals surface area contributed by atoms with Gasteiger partial charge in [0.2, 0.25) is 5.88 Å². The predicted octanol–water partition coefficient (Wildman–Crippen LogP) is 4.64. The Labute approximate surface area is 135 Å². The van der Waals surface area contributed by atoms with Crippen molar-refractivity contribution >= 4 is 37.7 Å². The van der Waals surface area contributed by atoms with E-state index in [1.165, 1.54) is 0 Å². The summed E-state index contributed by atoms with van der Waals surface area (Å²) < 4.78 is 7.69. The number of anilines is 1. The van der Waals surface area contributed by atoms with Crippen LogP contribution in [-0.2, 0) is 6.42 Å². The average Bonchev–Trinajstić information content (AvgIpc) is 2.39. The molecule has 0 aliphatic rings. The van der Waals surface area contributed by atoms with E-state index in [2.05, 4.69) is 48.8 Å². The molecule has 0 atom stereocenters. The van der Waals surface area contributed by atoms with Gasteiger partial charge in [-0.25, -0.2) is 4.98 Å². The van der Waals surface area contributed by atoms with E-state index in [1.807, 2.05) is 25.1 Å². The molecule has 0 radical (unpaired) electrons. The molecule has 0 amide bonds. The van der Waals surface area contributed by atoms with Crippen molar-refractivity contribution in [1.82, 2.24) is 9.97 Å². The Morgan fingerprint density at radius 2 is 2.00 bits per heavy atom. The first-order chi connectivity index (χ1) is 9.51. The first-order valence-corrected chi connectivity index (χ1v) is 7.85. The highest BCUT2D eigenvalue weighted by molar-refractivity contribution is 9.11. The Balaban J connectivity index is 2.37. The number of hydrogen-bond acceptors (Lipinski definition) is 4. The molecule has 4 nitrogen and oxygen atoms in total. The lowest BCUT2D eigenvalue weighted by atomic mass is 10.3. The summed E-state index contributed by atoms with van der Waals surface area (Å²) in [6.07, 6.45) is 1.74. The largest absolute Gasteiger partial charge is 0.437 e. The molecular weight excluding hydrogens is 386 g/mol. The minimum Gasteiger partial charge on any atom is -0.437 e. The summed E-state index contributed by atoms with van der Waals surface area (Å²) in [5, 5.41) is 0. The van der Waals surface area contributed by atoms with Gasteiger partial charge in [0.25, 0.3) is 0 Å². The van der Waals surface area contributed by atoms with Crippen LogP contribution >= 0.6 is 31.9 Å². The van der Waals surface area contributed by atoms with Crippen LogP contribution in [0.15, 0.2) is 27.1 Å². The van der Waals surface area contributed by atoms with E-state index in [4.69, 9.17) is 10.5 Å². The quantitative estimate of drug-likeness (QED) is 0.812. The first-order valence-electron chi connectivity index (χ1n) is 6.27. The van der Waals surface area contributed by atoms with Gasteiger partial charge >= 0.3 is 0 Å². The second-order valence-electron chi connectivity index (χ2n) is 4.38. The highest BCUT2D eigenvalue weighted by Gasteiger charge is 2.12. The fourth-order valence-electron chi connectivity index (χ4n) is 1.66. The molecule has 0 aliphatic heterocycles. The molecule has 2 aromatic rings. The number of benzene rings is 1. The Morgan fingerprint density at radius 3 is 2.65 bits per heavy atom. The topological polar surface area (TPSA) is 61.0 Å². The van der Waals surface area contributed by atoms with Crippen LogP contribution in [0, 0.1) is 6.92 Å². The van der Waals surface area contributed by atoms with Gasteiger partial charge in [0.15, 0.2) is 0 Å². The van der Waals surface area contributed by atoms with E-state index in [-0.39, 0.29) is 0 Å². The molecule has 0 bridgehead atoms. The molecule has 0 saturated heterocycles.